The first kappa shape index (κ1) is 10.2. The maximum Gasteiger partial charge on any atom is 0.256 e. The quantitative estimate of drug-likeness (QED) is 0.739. The highest BCUT2D eigenvalue weighted by molar-refractivity contribution is 8.00. The van der Waals surface area contributed by atoms with Crippen LogP contribution < -0.4 is 0 Å². The molecule has 2 atom stereocenters. The zero-order chi connectivity index (χ0) is 11.3. The summed E-state index contributed by atoms with van der Waals surface area (Å²) in [7, 11) is 0. The van der Waals surface area contributed by atoms with Gasteiger partial charge in [0.05, 0.1) is 5.25 Å². The molecule has 3 nitrogen and oxygen atoms in total. The second-order valence-electron chi connectivity index (χ2n) is 4.24. The molecule has 1 fully saturated rings. The van der Waals surface area contributed by atoms with Gasteiger partial charge in [-0.1, -0.05) is 18.2 Å². The lowest BCUT2D eigenvalue weighted by molar-refractivity contribution is -0.0830. The molecule has 3 rings (SSSR count). The van der Waals surface area contributed by atoms with E-state index in [4.69, 9.17) is 0 Å². The summed E-state index contributed by atoms with van der Waals surface area (Å²) in [6, 6.07) is 7.37. The molecule has 16 heavy (non-hydrogen) atoms. The van der Waals surface area contributed by atoms with Crippen LogP contribution in [-0.4, -0.2) is 33.5 Å². The molecule has 1 aromatic rings. The summed E-state index contributed by atoms with van der Waals surface area (Å²) in [5, 5.41) is 10.8. The van der Waals surface area contributed by atoms with Crippen LogP contribution in [0.1, 0.15) is 22.8 Å². The molecule has 0 unspecified atom stereocenters. The Bertz CT molecular complexity index is 462. The highest BCUT2D eigenvalue weighted by Gasteiger charge is 2.53. The summed E-state index contributed by atoms with van der Waals surface area (Å²) in [6.45, 7) is 2.60. The summed E-state index contributed by atoms with van der Waals surface area (Å²) in [5.41, 5.74) is 0.315. The van der Waals surface area contributed by atoms with Crippen LogP contribution in [0.5, 0.6) is 0 Å². The van der Waals surface area contributed by atoms with E-state index in [9.17, 15) is 9.90 Å². The molecule has 1 amide bonds. The third-order valence-corrected chi connectivity index (χ3v) is 4.71. The maximum atomic E-state index is 12.1. The van der Waals surface area contributed by atoms with E-state index in [2.05, 4.69) is 0 Å². The summed E-state index contributed by atoms with van der Waals surface area (Å²) in [4.78, 5) is 13.7. The van der Waals surface area contributed by atoms with Crippen LogP contribution in [0.2, 0.25) is 0 Å². The Morgan fingerprint density at radius 2 is 2.25 bits per heavy atom. The van der Waals surface area contributed by atoms with Gasteiger partial charge in [0.1, 0.15) is 0 Å². The fraction of sp³-hybridized carbons (Fsp3) is 0.417. The molecular formula is C12H13NO2S. The maximum absolute atomic E-state index is 12.1. The number of fused-ring (bicyclic) bond motifs is 3. The van der Waals surface area contributed by atoms with Gasteiger partial charge >= 0.3 is 0 Å². The minimum absolute atomic E-state index is 0.0221. The van der Waals surface area contributed by atoms with E-state index in [-0.39, 0.29) is 11.2 Å². The van der Waals surface area contributed by atoms with Gasteiger partial charge in [-0.15, -0.1) is 0 Å². The zero-order valence-electron chi connectivity index (χ0n) is 9.01. The molecule has 2 aliphatic rings. The number of benzene rings is 1. The fourth-order valence-corrected chi connectivity index (χ4v) is 3.71. The molecule has 0 saturated carbocycles. The van der Waals surface area contributed by atoms with Crippen molar-refractivity contribution < 1.29 is 9.90 Å². The van der Waals surface area contributed by atoms with Gasteiger partial charge in [0.25, 0.3) is 5.91 Å². The van der Waals surface area contributed by atoms with Crippen LogP contribution in [0.25, 0.3) is 0 Å². The summed E-state index contributed by atoms with van der Waals surface area (Å²) in [6.07, 6.45) is 0. The van der Waals surface area contributed by atoms with Crippen LogP contribution >= 0.6 is 11.8 Å². The first-order valence-corrected chi connectivity index (χ1v) is 6.46. The smallest absolute Gasteiger partial charge is 0.256 e. The number of carbonyl (C=O) groups is 1. The molecule has 0 radical (unpaired) electrons. The Morgan fingerprint density at radius 1 is 1.50 bits per heavy atom. The van der Waals surface area contributed by atoms with E-state index in [0.717, 1.165) is 11.3 Å². The van der Waals surface area contributed by atoms with E-state index in [1.807, 2.05) is 25.1 Å². The van der Waals surface area contributed by atoms with Gasteiger partial charge in [0.2, 0.25) is 0 Å². The van der Waals surface area contributed by atoms with Gasteiger partial charge in [0.15, 0.2) is 5.72 Å². The van der Waals surface area contributed by atoms with Crippen molar-refractivity contribution in [3.05, 3.63) is 35.4 Å². The normalized spacial score (nSPS) is 32.5. The van der Waals surface area contributed by atoms with Gasteiger partial charge < -0.3 is 10.0 Å². The molecule has 2 heterocycles. The SMILES string of the molecule is C[C@H]1SCCN2C(=O)c3ccccc3[C@]12O. The van der Waals surface area contributed by atoms with E-state index < -0.39 is 5.72 Å². The van der Waals surface area contributed by atoms with Crippen molar-refractivity contribution in [2.75, 3.05) is 12.3 Å². The van der Waals surface area contributed by atoms with Crippen LogP contribution in [0.4, 0.5) is 0 Å². The zero-order valence-corrected chi connectivity index (χ0v) is 9.83. The lowest BCUT2D eigenvalue weighted by Gasteiger charge is -2.42. The van der Waals surface area contributed by atoms with Gasteiger partial charge in [-0.2, -0.15) is 11.8 Å². The number of amides is 1. The topological polar surface area (TPSA) is 40.5 Å². The average Bonchev–Trinajstić information content (AvgIpc) is 2.53. The lowest BCUT2D eigenvalue weighted by Crippen LogP contribution is -2.53. The second kappa shape index (κ2) is 3.25. The van der Waals surface area contributed by atoms with Crippen molar-refractivity contribution in [2.45, 2.75) is 17.9 Å². The number of rotatable bonds is 0. The minimum atomic E-state index is -1.10. The van der Waals surface area contributed by atoms with Gasteiger partial charge in [-0.05, 0) is 13.0 Å². The third-order valence-electron chi connectivity index (χ3n) is 3.46. The molecule has 0 bridgehead atoms. The van der Waals surface area contributed by atoms with Gasteiger partial charge in [-0.3, -0.25) is 4.79 Å². The van der Waals surface area contributed by atoms with Crippen LogP contribution in [0, 0.1) is 0 Å². The van der Waals surface area contributed by atoms with Gasteiger partial charge in [-0.25, -0.2) is 0 Å². The molecule has 4 heteroatoms. The Labute approximate surface area is 98.4 Å². The molecule has 1 N–H and O–H groups in total. The van der Waals surface area contributed by atoms with Crippen molar-refractivity contribution >= 4 is 17.7 Å². The second-order valence-corrected chi connectivity index (χ2v) is 5.69. The number of nitrogens with zero attached hydrogens (tertiary/aromatic N) is 1. The largest absolute Gasteiger partial charge is 0.366 e. The predicted molar refractivity (Wildman–Crippen MR) is 63.3 cm³/mol. The van der Waals surface area contributed by atoms with E-state index in [1.54, 1.807) is 22.7 Å². The van der Waals surface area contributed by atoms with E-state index in [1.165, 1.54) is 0 Å². The van der Waals surface area contributed by atoms with Crippen molar-refractivity contribution in [3.63, 3.8) is 0 Å². The molecule has 0 aromatic heterocycles. The monoisotopic (exact) mass is 235 g/mol. The molecular weight excluding hydrogens is 222 g/mol. The van der Waals surface area contributed by atoms with E-state index in [0.29, 0.717) is 12.1 Å². The predicted octanol–water partition coefficient (Wildman–Crippen LogP) is 1.42. The molecule has 0 aliphatic carbocycles. The first-order valence-electron chi connectivity index (χ1n) is 5.41. The van der Waals surface area contributed by atoms with Crippen molar-refractivity contribution in [1.82, 2.24) is 4.90 Å². The Morgan fingerprint density at radius 3 is 3.06 bits per heavy atom. The summed E-state index contributed by atoms with van der Waals surface area (Å²) in [5.74, 6) is 0.855. The van der Waals surface area contributed by atoms with Gasteiger partial charge in [0, 0.05) is 23.4 Å². The van der Waals surface area contributed by atoms with Crippen LogP contribution in [0.3, 0.4) is 0 Å². The van der Waals surface area contributed by atoms with Crippen molar-refractivity contribution in [1.29, 1.82) is 0 Å². The van der Waals surface area contributed by atoms with Crippen molar-refractivity contribution in [2.24, 2.45) is 0 Å². The van der Waals surface area contributed by atoms with Crippen LogP contribution in [-0.2, 0) is 5.72 Å². The molecule has 2 aliphatic heterocycles. The molecule has 0 spiro atoms. The molecule has 1 aromatic carbocycles. The Kier molecular flexibility index (Phi) is 2.06. The number of aliphatic hydroxyl groups is 1. The highest BCUT2D eigenvalue weighted by atomic mass is 32.2. The van der Waals surface area contributed by atoms with Crippen molar-refractivity contribution in [3.8, 4) is 0 Å². The number of hydrogen-bond donors (Lipinski definition) is 1. The Hall–Kier alpha value is -1.00. The standard InChI is InChI=1S/C12H13NO2S/c1-8-12(15)10-5-3-2-4-9(10)11(14)13(12)6-7-16-8/h2-5,8,15H,6-7H2,1H3/t8-,12-/m1/s1. The minimum Gasteiger partial charge on any atom is -0.366 e. The lowest BCUT2D eigenvalue weighted by atomic mass is 9.98. The number of hydrogen-bond acceptors (Lipinski definition) is 3. The first-order chi connectivity index (χ1) is 7.65. The number of carbonyl (C=O) groups excluding carboxylic acids is 1. The Balaban J connectivity index is 2.22. The fourth-order valence-electron chi connectivity index (χ4n) is 2.58. The molecule has 1 saturated heterocycles. The third kappa shape index (κ3) is 1.06. The summed E-state index contributed by atoms with van der Waals surface area (Å²) < 4.78 is 0. The summed E-state index contributed by atoms with van der Waals surface area (Å²) >= 11 is 1.72. The number of thioether (sulfide) groups is 1. The highest BCUT2D eigenvalue weighted by Crippen LogP contribution is 2.46. The van der Waals surface area contributed by atoms with E-state index >= 15 is 0 Å². The molecule has 84 valence electrons. The average molecular weight is 235 g/mol. The van der Waals surface area contributed by atoms with Crippen LogP contribution in [0.15, 0.2) is 24.3 Å².